The Labute approximate surface area is 133 Å². The molecule has 0 fully saturated rings. The first-order valence-corrected chi connectivity index (χ1v) is 7.00. The molecule has 0 aliphatic rings. The summed E-state index contributed by atoms with van der Waals surface area (Å²) in [7, 11) is 2.55. The molecule has 0 saturated carbocycles. The molecule has 0 radical (unpaired) electrons. The summed E-state index contributed by atoms with van der Waals surface area (Å²) in [6, 6.07) is 6.74. The summed E-state index contributed by atoms with van der Waals surface area (Å²) in [5.74, 6) is -1.11. The van der Waals surface area contributed by atoms with E-state index in [1.54, 1.807) is 37.4 Å². The highest BCUT2D eigenvalue weighted by Crippen LogP contribution is 2.19. The van der Waals surface area contributed by atoms with Crippen LogP contribution in [0.25, 0.3) is 5.69 Å². The Bertz CT molecular complexity index is 721. The number of hydrogen-bond acceptors (Lipinski definition) is 6. The van der Waals surface area contributed by atoms with Gasteiger partial charge in [-0.1, -0.05) is 12.1 Å². The quantitative estimate of drug-likeness (QED) is 0.837. The van der Waals surface area contributed by atoms with E-state index in [1.165, 1.54) is 18.9 Å². The lowest BCUT2D eigenvalue weighted by Crippen LogP contribution is -2.11. The summed E-state index contributed by atoms with van der Waals surface area (Å²) in [5.41, 5.74) is 1.43. The molecule has 1 N–H and O–H groups in total. The van der Waals surface area contributed by atoms with E-state index in [0.717, 1.165) is 0 Å². The number of aliphatic hydroxyl groups is 1. The van der Waals surface area contributed by atoms with Crippen molar-refractivity contribution in [3.05, 3.63) is 47.3 Å². The number of hydrogen-bond donors (Lipinski definition) is 1. The SMILES string of the molecule is COC(=O)c1ccccc1-n1cc(CC(C)O)c(C(=O)OC)n1. The van der Waals surface area contributed by atoms with Gasteiger partial charge < -0.3 is 14.6 Å². The van der Waals surface area contributed by atoms with E-state index in [2.05, 4.69) is 5.10 Å². The molecule has 7 nitrogen and oxygen atoms in total. The maximum Gasteiger partial charge on any atom is 0.358 e. The van der Waals surface area contributed by atoms with Crippen LogP contribution in [0.1, 0.15) is 33.3 Å². The highest BCUT2D eigenvalue weighted by molar-refractivity contribution is 5.93. The topological polar surface area (TPSA) is 90.7 Å². The number of para-hydroxylation sites is 1. The van der Waals surface area contributed by atoms with Crippen LogP contribution in [-0.4, -0.2) is 47.1 Å². The standard InChI is InChI=1S/C16H18N2O5/c1-10(19)8-11-9-18(17-14(11)16(21)23-3)13-7-5-4-6-12(13)15(20)22-2/h4-7,9-10,19H,8H2,1-3H3. The second kappa shape index (κ2) is 7.06. The Morgan fingerprint density at radius 3 is 2.48 bits per heavy atom. The number of aliphatic hydroxyl groups excluding tert-OH is 1. The van der Waals surface area contributed by atoms with Crippen LogP contribution in [0.2, 0.25) is 0 Å². The first-order chi connectivity index (χ1) is 11.0. The van der Waals surface area contributed by atoms with Gasteiger partial charge in [-0.3, -0.25) is 0 Å². The number of esters is 2. The normalized spacial score (nSPS) is 11.8. The predicted molar refractivity (Wildman–Crippen MR) is 81.6 cm³/mol. The Morgan fingerprint density at radius 1 is 1.22 bits per heavy atom. The molecule has 1 unspecified atom stereocenters. The van der Waals surface area contributed by atoms with Gasteiger partial charge in [-0.2, -0.15) is 5.10 Å². The van der Waals surface area contributed by atoms with Gasteiger partial charge in [0.1, 0.15) is 0 Å². The summed E-state index contributed by atoms with van der Waals surface area (Å²) >= 11 is 0. The molecule has 0 spiro atoms. The number of nitrogens with zero attached hydrogens (tertiary/aromatic N) is 2. The minimum absolute atomic E-state index is 0.105. The lowest BCUT2D eigenvalue weighted by molar-refractivity contribution is 0.0588. The molecule has 1 heterocycles. The number of carbonyl (C=O) groups is 2. The van der Waals surface area contributed by atoms with Gasteiger partial charge in [-0.15, -0.1) is 0 Å². The highest BCUT2D eigenvalue weighted by atomic mass is 16.5. The van der Waals surface area contributed by atoms with Crippen LogP contribution in [0.5, 0.6) is 0 Å². The molecule has 122 valence electrons. The van der Waals surface area contributed by atoms with E-state index >= 15 is 0 Å². The van der Waals surface area contributed by atoms with Gasteiger partial charge in [0.05, 0.1) is 31.6 Å². The third kappa shape index (κ3) is 3.57. The number of carbonyl (C=O) groups excluding carboxylic acids is 2. The van der Waals surface area contributed by atoms with Crippen molar-refractivity contribution in [2.45, 2.75) is 19.4 Å². The number of ether oxygens (including phenoxy) is 2. The average Bonchev–Trinajstić information content (AvgIpc) is 2.96. The van der Waals surface area contributed by atoms with Crippen LogP contribution in [-0.2, 0) is 15.9 Å². The Kier molecular flexibility index (Phi) is 5.13. The van der Waals surface area contributed by atoms with Crippen LogP contribution in [0.4, 0.5) is 0 Å². The van der Waals surface area contributed by atoms with Crippen LogP contribution in [0.15, 0.2) is 30.5 Å². The summed E-state index contributed by atoms with van der Waals surface area (Å²) in [4.78, 5) is 23.7. The van der Waals surface area contributed by atoms with Crippen molar-refractivity contribution < 1.29 is 24.2 Å². The lowest BCUT2D eigenvalue weighted by Gasteiger charge is -2.07. The van der Waals surface area contributed by atoms with Crippen molar-refractivity contribution in [3.63, 3.8) is 0 Å². The third-order valence-corrected chi connectivity index (χ3v) is 3.24. The van der Waals surface area contributed by atoms with Gasteiger partial charge in [-0.25, -0.2) is 14.3 Å². The molecule has 0 aliphatic carbocycles. The number of aromatic nitrogens is 2. The van der Waals surface area contributed by atoms with E-state index in [1.807, 2.05) is 0 Å². The predicted octanol–water partition coefficient (Wildman–Crippen LogP) is 1.37. The van der Waals surface area contributed by atoms with Gasteiger partial charge in [0.15, 0.2) is 5.69 Å². The summed E-state index contributed by atoms with van der Waals surface area (Å²) in [6.45, 7) is 1.61. The van der Waals surface area contributed by atoms with Gasteiger partial charge in [0.2, 0.25) is 0 Å². The van der Waals surface area contributed by atoms with Crippen molar-refractivity contribution in [3.8, 4) is 5.69 Å². The van der Waals surface area contributed by atoms with Crippen LogP contribution < -0.4 is 0 Å². The fourth-order valence-electron chi connectivity index (χ4n) is 2.23. The van der Waals surface area contributed by atoms with Gasteiger partial charge in [0.25, 0.3) is 0 Å². The van der Waals surface area contributed by atoms with Gasteiger partial charge in [-0.05, 0) is 19.1 Å². The van der Waals surface area contributed by atoms with E-state index < -0.39 is 18.0 Å². The second-order valence-corrected chi connectivity index (χ2v) is 5.00. The average molecular weight is 318 g/mol. The first-order valence-electron chi connectivity index (χ1n) is 7.00. The lowest BCUT2D eigenvalue weighted by atomic mass is 10.1. The van der Waals surface area contributed by atoms with Gasteiger partial charge in [0, 0.05) is 18.2 Å². The largest absolute Gasteiger partial charge is 0.465 e. The molecular weight excluding hydrogens is 300 g/mol. The molecule has 1 aromatic carbocycles. The fourth-order valence-corrected chi connectivity index (χ4v) is 2.23. The first kappa shape index (κ1) is 16.7. The molecule has 0 saturated heterocycles. The van der Waals surface area contributed by atoms with Crippen molar-refractivity contribution in [2.75, 3.05) is 14.2 Å². The van der Waals surface area contributed by atoms with Crippen molar-refractivity contribution in [1.82, 2.24) is 9.78 Å². The maximum atomic E-state index is 11.9. The molecule has 7 heteroatoms. The van der Waals surface area contributed by atoms with Crippen LogP contribution in [0.3, 0.4) is 0 Å². The Morgan fingerprint density at radius 2 is 1.87 bits per heavy atom. The van der Waals surface area contributed by atoms with Crippen LogP contribution >= 0.6 is 0 Å². The zero-order valence-corrected chi connectivity index (χ0v) is 13.1. The number of methoxy groups -OCH3 is 2. The van der Waals surface area contributed by atoms with Gasteiger partial charge >= 0.3 is 11.9 Å². The molecule has 23 heavy (non-hydrogen) atoms. The molecule has 1 aromatic heterocycles. The summed E-state index contributed by atoms with van der Waals surface area (Å²) < 4.78 is 10.9. The zero-order chi connectivity index (χ0) is 17.0. The smallest absolute Gasteiger partial charge is 0.358 e. The maximum absolute atomic E-state index is 11.9. The fraction of sp³-hybridized carbons (Fsp3) is 0.312. The molecule has 2 aromatic rings. The molecule has 0 aliphatic heterocycles. The second-order valence-electron chi connectivity index (χ2n) is 5.00. The molecule has 0 amide bonds. The Hall–Kier alpha value is -2.67. The molecule has 2 rings (SSSR count). The summed E-state index contributed by atoms with van der Waals surface area (Å²) in [6.07, 6.45) is 1.19. The van der Waals surface area contributed by atoms with Crippen molar-refractivity contribution >= 4 is 11.9 Å². The molecule has 1 atom stereocenters. The molecule has 0 bridgehead atoms. The number of rotatable bonds is 5. The minimum atomic E-state index is -0.646. The van der Waals surface area contributed by atoms with E-state index in [-0.39, 0.29) is 12.1 Å². The monoisotopic (exact) mass is 318 g/mol. The third-order valence-electron chi connectivity index (χ3n) is 3.24. The van der Waals surface area contributed by atoms with Crippen LogP contribution in [0, 0.1) is 0 Å². The molecular formula is C16H18N2O5. The van der Waals surface area contributed by atoms with Crippen molar-refractivity contribution in [2.24, 2.45) is 0 Å². The Balaban J connectivity index is 2.55. The summed E-state index contributed by atoms with van der Waals surface area (Å²) in [5, 5.41) is 13.8. The van der Waals surface area contributed by atoms with Crippen molar-refractivity contribution in [1.29, 1.82) is 0 Å². The minimum Gasteiger partial charge on any atom is -0.465 e. The number of benzene rings is 1. The zero-order valence-electron chi connectivity index (χ0n) is 13.1. The van der Waals surface area contributed by atoms with E-state index in [0.29, 0.717) is 16.8 Å². The highest BCUT2D eigenvalue weighted by Gasteiger charge is 2.21. The van der Waals surface area contributed by atoms with E-state index in [9.17, 15) is 14.7 Å². The van der Waals surface area contributed by atoms with E-state index in [4.69, 9.17) is 9.47 Å².